The van der Waals surface area contributed by atoms with Crippen LogP contribution in [0.4, 0.5) is 23.0 Å². The molecule has 0 atom stereocenters. The minimum Gasteiger partial charge on any atom is -0.348 e. The topological polar surface area (TPSA) is 118 Å². The highest BCUT2D eigenvalue weighted by Crippen LogP contribution is 2.38. The molecule has 0 aromatic carbocycles. The molecular formula is C26H40N8O5. The van der Waals surface area contributed by atoms with E-state index in [9.17, 15) is 24.0 Å². The number of Topliss-reactive ketones (excluding diaryl/α,β-unsaturated/α-hetero) is 1. The Bertz CT molecular complexity index is 1500. The maximum absolute atomic E-state index is 13.5. The van der Waals surface area contributed by atoms with Gasteiger partial charge in [0, 0.05) is 47.7 Å². The standard InChI is InChI=1S/C26H40N8O5/c1-7-8-9-11-14-31-23(36)19-21(29(5)25(31)38)33(16-27(19)3)34-17-28(4)20-22(34)30(6)26(39)32(24(20)37)15-12-10-13-18(2)35/h7-17H2,1-6H3. The first-order chi connectivity index (χ1) is 18.5. The Hall–Kier alpha value is -3.77. The highest BCUT2D eigenvalue weighted by atomic mass is 16.2. The third-order valence-electron chi connectivity index (χ3n) is 7.62. The van der Waals surface area contributed by atoms with Crippen LogP contribution < -0.4 is 42.3 Å². The molecule has 2 aromatic heterocycles. The summed E-state index contributed by atoms with van der Waals surface area (Å²) in [6.45, 7) is 4.75. The van der Waals surface area contributed by atoms with Gasteiger partial charge in [-0.05, 0) is 26.2 Å². The quantitative estimate of drug-likeness (QED) is 0.378. The Morgan fingerprint density at radius 2 is 1.10 bits per heavy atom. The summed E-state index contributed by atoms with van der Waals surface area (Å²) in [6, 6.07) is 0. The van der Waals surface area contributed by atoms with Crippen LogP contribution in [0.25, 0.3) is 0 Å². The number of rotatable bonds is 11. The highest BCUT2D eigenvalue weighted by molar-refractivity contribution is 5.80. The van der Waals surface area contributed by atoms with Crippen molar-refractivity contribution < 1.29 is 4.79 Å². The molecular weight excluding hydrogens is 504 g/mol. The molecule has 2 aliphatic heterocycles. The zero-order valence-electron chi connectivity index (χ0n) is 23.9. The van der Waals surface area contributed by atoms with Crippen LogP contribution in [0.1, 0.15) is 58.8 Å². The SMILES string of the molecule is CCCCCCn1c(=O)c2c(n(C)c1=O)N(N1CN(C)c3c1n(C)c(=O)n(CCCCC(C)=O)c3=O)CN2C. The third kappa shape index (κ3) is 4.89. The van der Waals surface area contributed by atoms with E-state index in [1.807, 2.05) is 0 Å². The number of hydrazine groups is 1. The zero-order chi connectivity index (χ0) is 28.6. The summed E-state index contributed by atoms with van der Waals surface area (Å²) in [4.78, 5) is 68.4. The Balaban J connectivity index is 1.74. The number of aromatic nitrogens is 4. The predicted molar refractivity (Wildman–Crippen MR) is 152 cm³/mol. The maximum atomic E-state index is 13.5. The number of hydrogen-bond donors (Lipinski definition) is 0. The van der Waals surface area contributed by atoms with E-state index in [2.05, 4.69) is 6.92 Å². The molecule has 4 heterocycles. The molecule has 13 heteroatoms. The normalized spacial score (nSPS) is 14.4. The minimum atomic E-state index is -0.453. The van der Waals surface area contributed by atoms with E-state index in [1.54, 1.807) is 48.0 Å². The number of anilines is 4. The lowest BCUT2D eigenvalue weighted by molar-refractivity contribution is -0.117. The van der Waals surface area contributed by atoms with Crippen molar-refractivity contribution in [1.29, 1.82) is 0 Å². The lowest BCUT2D eigenvalue weighted by Crippen LogP contribution is -2.49. The Labute approximate surface area is 227 Å². The molecule has 0 saturated carbocycles. The van der Waals surface area contributed by atoms with Gasteiger partial charge in [0.1, 0.15) is 30.5 Å². The number of carbonyl (C=O) groups excluding carboxylic acids is 1. The molecule has 0 unspecified atom stereocenters. The number of carbonyl (C=O) groups is 1. The first-order valence-corrected chi connectivity index (χ1v) is 13.7. The number of ketones is 1. The average Bonchev–Trinajstić information content (AvgIpc) is 3.42. The lowest BCUT2D eigenvalue weighted by Gasteiger charge is -2.32. The van der Waals surface area contributed by atoms with E-state index >= 15 is 0 Å². The third-order valence-corrected chi connectivity index (χ3v) is 7.62. The van der Waals surface area contributed by atoms with Crippen LogP contribution in [0.3, 0.4) is 0 Å². The Morgan fingerprint density at radius 1 is 0.667 bits per heavy atom. The molecule has 0 aliphatic carbocycles. The van der Waals surface area contributed by atoms with Crippen LogP contribution in [0.2, 0.25) is 0 Å². The van der Waals surface area contributed by atoms with Gasteiger partial charge in [-0.2, -0.15) is 0 Å². The smallest absolute Gasteiger partial charge is 0.332 e. The van der Waals surface area contributed by atoms with E-state index in [0.29, 0.717) is 48.8 Å². The van der Waals surface area contributed by atoms with Gasteiger partial charge in [-0.15, -0.1) is 0 Å². The van der Waals surface area contributed by atoms with Crippen molar-refractivity contribution >= 4 is 28.8 Å². The molecule has 39 heavy (non-hydrogen) atoms. The number of hydrogen-bond acceptors (Lipinski definition) is 9. The molecule has 4 rings (SSSR count). The van der Waals surface area contributed by atoms with Gasteiger partial charge in [0.05, 0.1) is 0 Å². The van der Waals surface area contributed by atoms with Crippen molar-refractivity contribution in [2.45, 2.75) is 71.9 Å². The summed E-state index contributed by atoms with van der Waals surface area (Å²) in [5.41, 5.74) is -0.798. The molecule has 0 radical (unpaired) electrons. The van der Waals surface area contributed by atoms with Gasteiger partial charge < -0.3 is 14.6 Å². The Morgan fingerprint density at radius 3 is 1.51 bits per heavy atom. The minimum absolute atomic E-state index is 0.0769. The van der Waals surface area contributed by atoms with Gasteiger partial charge in [-0.1, -0.05) is 26.2 Å². The first kappa shape index (κ1) is 28.2. The van der Waals surface area contributed by atoms with Gasteiger partial charge in [-0.3, -0.25) is 27.9 Å². The van der Waals surface area contributed by atoms with Crippen LogP contribution in [-0.4, -0.2) is 51.5 Å². The average molecular weight is 545 g/mol. The fourth-order valence-electron chi connectivity index (χ4n) is 5.53. The monoisotopic (exact) mass is 544 g/mol. The van der Waals surface area contributed by atoms with E-state index < -0.39 is 16.9 Å². The maximum Gasteiger partial charge on any atom is 0.332 e. The summed E-state index contributed by atoms with van der Waals surface area (Å²) in [7, 11) is 6.84. The van der Waals surface area contributed by atoms with Gasteiger partial charge >= 0.3 is 11.4 Å². The molecule has 0 fully saturated rings. The van der Waals surface area contributed by atoms with Crippen molar-refractivity contribution in [2.75, 3.05) is 47.3 Å². The van der Waals surface area contributed by atoms with Crippen molar-refractivity contribution in [3.05, 3.63) is 41.7 Å². The van der Waals surface area contributed by atoms with Crippen LogP contribution in [0, 0.1) is 0 Å². The number of fused-ring (bicyclic) bond motifs is 2. The van der Waals surface area contributed by atoms with Crippen LogP contribution in [-0.2, 0) is 32.0 Å². The second kappa shape index (κ2) is 11.1. The molecule has 0 N–H and O–H groups in total. The van der Waals surface area contributed by atoms with Crippen LogP contribution in [0.15, 0.2) is 19.2 Å². The molecule has 2 aliphatic rings. The summed E-state index contributed by atoms with van der Waals surface area (Å²) in [6.07, 6.45) is 5.37. The highest BCUT2D eigenvalue weighted by Gasteiger charge is 2.41. The van der Waals surface area contributed by atoms with E-state index in [0.717, 1.165) is 25.7 Å². The van der Waals surface area contributed by atoms with E-state index in [1.165, 1.54) is 25.2 Å². The molecule has 0 bridgehead atoms. The van der Waals surface area contributed by atoms with E-state index in [4.69, 9.17) is 0 Å². The van der Waals surface area contributed by atoms with Crippen molar-refractivity contribution in [2.24, 2.45) is 14.1 Å². The summed E-state index contributed by atoms with van der Waals surface area (Å²) in [5, 5.41) is 3.57. The largest absolute Gasteiger partial charge is 0.348 e. The molecule has 13 nitrogen and oxygen atoms in total. The fourth-order valence-corrected chi connectivity index (χ4v) is 5.53. The second-order valence-corrected chi connectivity index (χ2v) is 10.6. The molecule has 0 amide bonds. The van der Waals surface area contributed by atoms with Crippen molar-refractivity contribution in [3.8, 4) is 0 Å². The fraction of sp³-hybridized carbons (Fsp3) is 0.654. The molecule has 0 saturated heterocycles. The van der Waals surface area contributed by atoms with E-state index in [-0.39, 0.29) is 31.2 Å². The summed E-state index contributed by atoms with van der Waals surface area (Å²) < 4.78 is 5.44. The van der Waals surface area contributed by atoms with Gasteiger partial charge in [0.25, 0.3) is 11.1 Å². The first-order valence-electron chi connectivity index (χ1n) is 13.7. The van der Waals surface area contributed by atoms with Crippen LogP contribution >= 0.6 is 0 Å². The summed E-state index contributed by atoms with van der Waals surface area (Å²) in [5.74, 6) is 0.914. The predicted octanol–water partition coefficient (Wildman–Crippen LogP) is 0.790. The number of nitrogens with zero attached hydrogens (tertiary/aromatic N) is 8. The molecule has 0 spiro atoms. The van der Waals surface area contributed by atoms with Crippen molar-refractivity contribution in [3.63, 3.8) is 0 Å². The van der Waals surface area contributed by atoms with Gasteiger partial charge in [-0.25, -0.2) is 19.6 Å². The van der Waals surface area contributed by atoms with Crippen molar-refractivity contribution in [1.82, 2.24) is 18.3 Å². The Kier molecular flexibility index (Phi) is 8.07. The molecule has 2 aromatic rings. The van der Waals surface area contributed by atoms with Gasteiger partial charge in [0.2, 0.25) is 0 Å². The zero-order valence-corrected chi connectivity index (χ0v) is 23.9. The van der Waals surface area contributed by atoms with Crippen LogP contribution in [0.5, 0.6) is 0 Å². The lowest BCUT2D eigenvalue weighted by atomic mass is 10.2. The number of unbranched alkanes of at least 4 members (excludes halogenated alkanes) is 4. The summed E-state index contributed by atoms with van der Waals surface area (Å²) >= 11 is 0. The second-order valence-electron chi connectivity index (χ2n) is 10.6. The molecule has 214 valence electrons. The van der Waals surface area contributed by atoms with Gasteiger partial charge in [0.15, 0.2) is 11.6 Å².